The lowest BCUT2D eigenvalue weighted by molar-refractivity contribution is -0.164. The summed E-state index contributed by atoms with van der Waals surface area (Å²) in [6, 6.07) is 27.9. The standard InChI is InChI=1S/C31H32N2O6/c1-22-21-27(37-3)33-30(32-22)39-28(29(34)35)31(24-12-6-4-7-13-24,25-14-8-5-9-15-25)38-20-10-11-23-16-18-26(36-2)19-17-23/h4-9,12-19,21,28H,10-11,20H2,1-3H3,(H,34,35). The maximum Gasteiger partial charge on any atom is 0.348 e. The number of aliphatic carboxylic acids is 1. The Morgan fingerprint density at radius 3 is 2.03 bits per heavy atom. The van der Waals surface area contributed by atoms with E-state index in [0.717, 1.165) is 17.7 Å². The lowest BCUT2D eigenvalue weighted by Gasteiger charge is -2.39. The predicted octanol–water partition coefficient (Wildman–Crippen LogP) is 5.23. The Balaban J connectivity index is 1.73. The van der Waals surface area contributed by atoms with Crippen molar-refractivity contribution in [2.45, 2.75) is 31.5 Å². The lowest BCUT2D eigenvalue weighted by atomic mass is 9.81. The molecule has 1 atom stereocenters. The van der Waals surface area contributed by atoms with E-state index in [9.17, 15) is 9.90 Å². The van der Waals surface area contributed by atoms with E-state index in [1.54, 1.807) is 20.1 Å². The third-order valence-corrected chi connectivity index (χ3v) is 6.34. The molecule has 0 saturated heterocycles. The Morgan fingerprint density at radius 1 is 0.872 bits per heavy atom. The second-order valence-corrected chi connectivity index (χ2v) is 8.94. The van der Waals surface area contributed by atoms with E-state index < -0.39 is 17.7 Å². The van der Waals surface area contributed by atoms with Gasteiger partial charge in [-0.1, -0.05) is 72.8 Å². The zero-order valence-electron chi connectivity index (χ0n) is 22.2. The average Bonchev–Trinajstić information content (AvgIpc) is 2.97. The summed E-state index contributed by atoms with van der Waals surface area (Å²) < 4.78 is 23.2. The molecule has 4 rings (SSSR count). The second-order valence-electron chi connectivity index (χ2n) is 8.94. The van der Waals surface area contributed by atoms with Crippen molar-refractivity contribution in [3.8, 4) is 17.6 Å². The number of benzene rings is 3. The quantitative estimate of drug-likeness (QED) is 0.236. The first kappa shape index (κ1) is 27.6. The molecular formula is C31H32N2O6. The molecule has 0 aliphatic carbocycles. The molecule has 8 nitrogen and oxygen atoms in total. The zero-order valence-corrected chi connectivity index (χ0v) is 22.2. The van der Waals surface area contributed by atoms with Crippen LogP contribution in [0.2, 0.25) is 0 Å². The maximum absolute atomic E-state index is 12.9. The molecule has 1 aromatic heterocycles. The van der Waals surface area contributed by atoms with Crippen molar-refractivity contribution in [2.24, 2.45) is 0 Å². The van der Waals surface area contributed by atoms with Gasteiger partial charge in [0, 0.05) is 18.4 Å². The van der Waals surface area contributed by atoms with Gasteiger partial charge in [-0.3, -0.25) is 0 Å². The van der Waals surface area contributed by atoms with Crippen LogP contribution < -0.4 is 14.2 Å². The van der Waals surface area contributed by atoms with Gasteiger partial charge in [-0.2, -0.15) is 4.98 Å². The number of hydrogen-bond donors (Lipinski definition) is 1. The number of carboxylic acid groups (broad SMARTS) is 1. The van der Waals surface area contributed by atoms with Crippen LogP contribution in [0.25, 0.3) is 0 Å². The van der Waals surface area contributed by atoms with E-state index in [2.05, 4.69) is 9.97 Å². The van der Waals surface area contributed by atoms with Gasteiger partial charge < -0.3 is 24.1 Å². The molecule has 8 heteroatoms. The third kappa shape index (κ3) is 6.53. The van der Waals surface area contributed by atoms with Crippen LogP contribution in [0.4, 0.5) is 0 Å². The number of aryl methyl sites for hydroxylation is 2. The molecule has 1 heterocycles. The first-order valence-corrected chi connectivity index (χ1v) is 12.6. The van der Waals surface area contributed by atoms with Gasteiger partial charge in [0.25, 0.3) is 0 Å². The number of rotatable bonds is 13. The van der Waals surface area contributed by atoms with Crippen LogP contribution >= 0.6 is 0 Å². The van der Waals surface area contributed by atoms with Gasteiger partial charge in [0.05, 0.1) is 14.2 Å². The number of nitrogens with zero attached hydrogens (tertiary/aromatic N) is 2. The monoisotopic (exact) mass is 528 g/mol. The van der Waals surface area contributed by atoms with Gasteiger partial charge in [-0.15, -0.1) is 0 Å². The summed E-state index contributed by atoms with van der Waals surface area (Å²) in [5, 5.41) is 10.6. The number of hydrogen-bond acceptors (Lipinski definition) is 7. The smallest absolute Gasteiger partial charge is 0.348 e. The minimum absolute atomic E-state index is 0.114. The predicted molar refractivity (Wildman–Crippen MR) is 146 cm³/mol. The van der Waals surface area contributed by atoms with Crippen LogP contribution in [0.5, 0.6) is 17.6 Å². The average molecular weight is 529 g/mol. The highest BCUT2D eigenvalue weighted by atomic mass is 16.6. The Labute approximate surface area is 228 Å². The molecule has 39 heavy (non-hydrogen) atoms. The molecule has 0 aliphatic rings. The summed E-state index contributed by atoms with van der Waals surface area (Å²) in [7, 11) is 3.11. The van der Waals surface area contributed by atoms with Crippen LogP contribution in [0.15, 0.2) is 91.0 Å². The summed E-state index contributed by atoms with van der Waals surface area (Å²) in [6.45, 7) is 2.02. The van der Waals surface area contributed by atoms with Gasteiger partial charge in [0.2, 0.25) is 12.0 Å². The topological polar surface area (TPSA) is 100 Å². The largest absolute Gasteiger partial charge is 0.497 e. The molecule has 0 amide bonds. The molecule has 4 aromatic rings. The molecule has 0 fully saturated rings. The lowest BCUT2D eigenvalue weighted by Crippen LogP contribution is -2.51. The number of carboxylic acids is 1. The normalized spacial score (nSPS) is 12.0. The molecular weight excluding hydrogens is 496 g/mol. The molecule has 0 aliphatic heterocycles. The molecule has 0 radical (unpaired) electrons. The van der Waals surface area contributed by atoms with Crippen molar-refractivity contribution in [1.82, 2.24) is 9.97 Å². The van der Waals surface area contributed by atoms with E-state index in [-0.39, 0.29) is 18.5 Å². The number of ether oxygens (including phenoxy) is 4. The maximum atomic E-state index is 12.9. The second kappa shape index (κ2) is 12.9. The Kier molecular flexibility index (Phi) is 9.12. The highest BCUT2D eigenvalue weighted by molar-refractivity contribution is 5.76. The molecule has 0 bridgehead atoms. The van der Waals surface area contributed by atoms with Gasteiger partial charge in [-0.05, 0) is 48.6 Å². The van der Waals surface area contributed by atoms with Crippen LogP contribution in [0.3, 0.4) is 0 Å². The van der Waals surface area contributed by atoms with Gasteiger partial charge in [0.15, 0.2) is 5.60 Å². The molecule has 0 saturated carbocycles. The van der Waals surface area contributed by atoms with Crippen LogP contribution in [0, 0.1) is 6.92 Å². The Morgan fingerprint density at radius 2 is 1.49 bits per heavy atom. The van der Waals surface area contributed by atoms with Crippen molar-refractivity contribution in [3.63, 3.8) is 0 Å². The summed E-state index contributed by atoms with van der Waals surface area (Å²) in [5.41, 5.74) is 1.46. The van der Waals surface area contributed by atoms with E-state index in [0.29, 0.717) is 23.2 Å². The Hall–Kier alpha value is -4.43. The molecule has 202 valence electrons. The van der Waals surface area contributed by atoms with Gasteiger partial charge in [0.1, 0.15) is 5.75 Å². The zero-order chi connectivity index (χ0) is 27.7. The Bertz CT molecular complexity index is 1310. The molecule has 3 aromatic carbocycles. The number of carbonyl (C=O) groups is 1. The van der Waals surface area contributed by atoms with Crippen LogP contribution in [-0.2, 0) is 21.6 Å². The summed E-state index contributed by atoms with van der Waals surface area (Å²) in [4.78, 5) is 21.5. The fourth-order valence-electron chi connectivity index (χ4n) is 4.47. The highest BCUT2D eigenvalue weighted by Crippen LogP contribution is 2.39. The number of aromatic nitrogens is 2. The van der Waals surface area contributed by atoms with Crippen molar-refractivity contribution in [2.75, 3.05) is 20.8 Å². The van der Waals surface area contributed by atoms with Crippen LogP contribution in [0.1, 0.15) is 28.8 Å². The summed E-state index contributed by atoms with van der Waals surface area (Å²) in [5.74, 6) is -0.160. The summed E-state index contributed by atoms with van der Waals surface area (Å²) >= 11 is 0. The molecule has 1 N–H and O–H groups in total. The first-order chi connectivity index (χ1) is 19.0. The SMILES string of the molecule is COc1ccc(CCCOC(c2ccccc2)(c2ccccc2)C(Oc2nc(C)cc(OC)n2)C(=O)O)cc1. The van der Waals surface area contributed by atoms with Gasteiger partial charge >= 0.3 is 12.0 Å². The van der Waals surface area contributed by atoms with E-state index in [1.807, 2.05) is 84.9 Å². The van der Waals surface area contributed by atoms with Gasteiger partial charge in [-0.25, -0.2) is 9.78 Å². The first-order valence-electron chi connectivity index (χ1n) is 12.6. The fraction of sp³-hybridized carbons (Fsp3) is 0.258. The minimum Gasteiger partial charge on any atom is -0.497 e. The van der Waals surface area contributed by atoms with E-state index in [1.165, 1.54) is 7.11 Å². The highest BCUT2D eigenvalue weighted by Gasteiger charge is 2.50. The summed E-state index contributed by atoms with van der Waals surface area (Å²) in [6.07, 6.45) is -0.134. The third-order valence-electron chi connectivity index (χ3n) is 6.34. The fourth-order valence-corrected chi connectivity index (χ4v) is 4.47. The minimum atomic E-state index is -1.52. The van der Waals surface area contributed by atoms with Crippen molar-refractivity contribution < 1.29 is 28.8 Å². The molecule has 1 unspecified atom stereocenters. The van der Waals surface area contributed by atoms with E-state index >= 15 is 0 Å². The number of methoxy groups -OCH3 is 2. The molecule has 0 spiro atoms. The van der Waals surface area contributed by atoms with Crippen molar-refractivity contribution >= 4 is 5.97 Å². The van der Waals surface area contributed by atoms with Crippen LogP contribution in [-0.4, -0.2) is 48.0 Å². The van der Waals surface area contributed by atoms with Crippen molar-refractivity contribution in [1.29, 1.82) is 0 Å². The van der Waals surface area contributed by atoms with Crippen molar-refractivity contribution in [3.05, 3.63) is 113 Å². The van der Waals surface area contributed by atoms with E-state index in [4.69, 9.17) is 18.9 Å².